The van der Waals surface area contributed by atoms with E-state index in [2.05, 4.69) is 18.4 Å². The summed E-state index contributed by atoms with van der Waals surface area (Å²) in [6, 6.07) is 0.353. The number of rotatable bonds is 2. The lowest BCUT2D eigenvalue weighted by Crippen LogP contribution is -2.28. The molecule has 1 heterocycles. The maximum absolute atomic E-state index is 10.8. The molecule has 0 aromatic rings. The van der Waals surface area contributed by atoms with Crippen molar-refractivity contribution in [1.82, 2.24) is 4.90 Å². The molecule has 0 saturated carbocycles. The molecule has 0 aromatic carbocycles. The van der Waals surface area contributed by atoms with Crippen molar-refractivity contribution >= 4 is 5.78 Å². The number of carbonyl (C=O) groups excluding carboxylic acids is 1. The highest BCUT2D eigenvalue weighted by Gasteiger charge is 2.21. The quantitative estimate of drug-likeness (QED) is 0.528. The number of hydrogen-bond donors (Lipinski definition) is 0. The third-order valence-corrected chi connectivity index (χ3v) is 1.97. The molecule has 1 atom stereocenters. The Morgan fingerprint density at radius 3 is 2.90 bits per heavy atom. The SMILES string of the molecule is C=CC(C)N1CCC(=O)C1. The summed E-state index contributed by atoms with van der Waals surface area (Å²) in [6.45, 7) is 7.27. The maximum Gasteiger partial charge on any atom is 0.148 e. The molecule has 1 fully saturated rings. The van der Waals surface area contributed by atoms with Gasteiger partial charge in [-0.3, -0.25) is 9.69 Å². The molecule has 56 valence electrons. The minimum absolute atomic E-state index is 0.353. The van der Waals surface area contributed by atoms with Crippen molar-refractivity contribution in [3.05, 3.63) is 12.7 Å². The molecule has 1 rings (SSSR count). The molecular weight excluding hydrogens is 126 g/mol. The topological polar surface area (TPSA) is 20.3 Å². The van der Waals surface area contributed by atoms with Crippen LogP contribution in [0.5, 0.6) is 0 Å². The number of nitrogens with zero attached hydrogens (tertiary/aromatic N) is 1. The Balaban J connectivity index is 2.43. The molecule has 1 unspecified atom stereocenters. The molecule has 0 N–H and O–H groups in total. The van der Waals surface area contributed by atoms with Gasteiger partial charge in [0.1, 0.15) is 5.78 Å². The molecule has 1 aliphatic heterocycles. The van der Waals surface area contributed by atoms with Crippen LogP contribution in [0.15, 0.2) is 12.7 Å². The molecule has 0 aliphatic carbocycles. The van der Waals surface area contributed by atoms with Crippen LogP contribution in [0.4, 0.5) is 0 Å². The van der Waals surface area contributed by atoms with E-state index in [1.54, 1.807) is 0 Å². The van der Waals surface area contributed by atoms with Gasteiger partial charge in [-0.2, -0.15) is 0 Å². The number of Topliss-reactive ketones (excluding diaryl/α,β-unsaturated/α-hetero) is 1. The van der Waals surface area contributed by atoms with E-state index in [1.807, 2.05) is 6.08 Å². The molecular formula is C8H13NO. The maximum atomic E-state index is 10.8. The molecule has 1 aliphatic rings. The van der Waals surface area contributed by atoms with Crippen molar-refractivity contribution in [3.8, 4) is 0 Å². The average molecular weight is 139 g/mol. The van der Waals surface area contributed by atoms with Gasteiger partial charge < -0.3 is 0 Å². The van der Waals surface area contributed by atoms with Gasteiger partial charge in [-0.05, 0) is 6.92 Å². The van der Waals surface area contributed by atoms with E-state index in [4.69, 9.17) is 0 Å². The van der Waals surface area contributed by atoms with Crippen LogP contribution in [0.3, 0.4) is 0 Å². The van der Waals surface area contributed by atoms with Crippen molar-refractivity contribution in [2.24, 2.45) is 0 Å². The zero-order valence-corrected chi connectivity index (χ0v) is 6.34. The van der Waals surface area contributed by atoms with Crippen LogP contribution < -0.4 is 0 Å². The third-order valence-electron chi connectivity index (χ3n) is 1.97. The van der Waals surface area contributed by atoms with Gasteiger partial charge in [0.15, 0.2) is 0 Å². The molecule has 0 radical (unpaired) electrons. The predicted molar refractivity (Wildman–Crippen MR) is 40.9 cm³/mol. The molecule has 0 spiro atoms. The van der Waals surface area contributed by atoms with Gasteiger partial charge in [0.25, 0.3) is 0 Å². The van der Waals surface area contributed by atoms with Crippen LogP contribution in [-0.2, 0) is 4.79 Å². The van der Waals surface area contributed by atoms with E-state index in [-0.39, 0.29) is 0 Å². The zero-order chi connectivity index (χ0) is 7.56. The second kappa shape index (κ2) is 2.97. The molecule has 0 aromatic heterocycles. The summed E-state index contributed by atoms with van der Waals surface area (Å²) < 4.78 is 0. The van der Waals surface area contributed by atoms with E-state index in [0.717, 1.165) is 13.0 Å². The number of hydrogen-bond acceptors (Lipinski definition) is 2. The second-order valence-electron chi connectivity index (χ2n) is 2.74. The fourth-order valence-electron chi connectivity index (χ4n) is 1.15. The highest BCUT2D eigenvalue weighted by molar-refractivity contribution is 5.82. The molecule has 2 heteroatoms. The summed E-state index contributed by atoms with van der Waals surface area (Å²) in [5, 5.41) is 0. The van der Waals surface area contributed by atoms with Gasteiger partial charge in [0.05, 0.1) is 6.54 Å². The first-order chi connectivity index (χ1) is 4.74. The predicted octanol–water partition coefficient (Wildman–Crippen LogP) is 0.836. The number of likely N-dealkylation sites (tertiary alicyclic amines) is 1. The fraction of sp³-hybridized carbons (Fsp3) is 0.625. The van der Waals surface area contributed by atoms with Crippen molar-refractivity contribution < 1.29 is 4.79 Å². The monoisotopic (exact) mass is 139 g/mol. The zero-order valence-electron chi connectivity index (χ0n) is 6.34. The van der Waals surface area contributed by atoms with Crippen LogP contribution in [0.2, 0.25) is 0 Å². The summed E-state index contributed by atoms with van der Waals surface area (Å²) in [5.74, 6) is 0.355. The second-order valence-corrected chi connectivity index (χ2v) is 2.74. The lowest BCUT2D eigenvalue weighted by Gasteiger charge is -2.18. The lowest BCUT2D eigenvalue weighted by molar-refractivity contribution is -0.117. The lowest BCUT2D eigenvalue weighted by atomic mass is 10.3. The van der Waals surface area contributed by atoms with Crippen LogP contribution in [0.1, 0.15) is 13.3 Å². The van der Waals surface area contributed by atoms with Gasteiger partial charge in [0.2, 0.25) is 0 Å². The first-order valence-electron chi connectivity index (χ1n) is 3.62. The normalized spacial score (nSPS) is 23.1. The highest BCUT2D eigenvalue weighted by Crippen LogP contribution is 2.08. The first-order valence-corrected chi connectivity index (χ1v) is 3.62. The van der Waals surface area contributed by atoms with Crippen LogP contribution in [-0.4, -0.2) is 29.8 Å². The summed E-state index contributed by atoms with van der Waals surface area (Å²) in [4.78, 5) is 12.9. The van der Waals surface area contributed by atoms with E-state index in [0.29, 0.717) is 18.4 Å². The first kappa shape index (κ1) is 7.48. The van der Waals surface area contributed by atoms with E-state index in [9.17, 15) is 4.79 Å². The standard InChI is InChI=1S/C8H13NO/c1-3-7(2)9-5-4-8(10)6-9/h3,7H,1,4-6H2,2H3. The fourth-order valence-corrected chi connectivity index (χ4v) is 1.15. The smallest absolute Gasteiger partial charge is 0.148 e. The van der Waals surface area contributed by atoms with Crippen molar-refractivity contribution in [2.75, 3.05) is 13.1 Å². The Labute approximate surface area is 61.5 Å². The van der Waals surface area contributed by atoms with Crippen molar-refractivity contribution in [1.29, 1.82) is 0 Å². The van der Waals surface area contributed by atoms with Crippen LogP contribution in [0.25, 0.3) is 0 Å². The Hall–Kier alpha value is -0.630. The summed E-state index contributed by atoms with van der Waals surface area (Å²) >= 11 is 0. The molecule has 1 saturated heterocycles. The molecule has 0 amide bonds. The number of ketones is 1. The van der Waals surface area contributed by atoms with E-state index in [1.165, 1.54) is 0 Å². The van der Waals surface area contributed by atoms with E-state index >= 15 is 0 Å². The Morgan fingerprint density at radius 2 is 2.50 bits per heavy atom. The van der Waals surface area contributed by atoms with Crippen molar-refractivity contribution in [3.63, 3.8) is 0 Å². The summed E-state index contributed by atoms with van der Waals surface area (Å²) in [5.41, 5.74) is 0. The minimum Gasteiger partial charge on any atom is -0.298 e. The molecule has 2 nitrogen and oxygen atoms in total. The number of carbonyl (C=O) groups is 1. The summed E-state index contributed by atoms with van der Waals surface area (Å²) in [7, 11) is 0. The van der Waals surface area contributed by atoms with Gasteiger partial charge in [-0.1, -0.05) is 6.08 Å². The highest BCUT2D eigenvalue weighted by atomic mass is 16.1. The van der Waals surface area contributed by atoms with Gasteiger partial charge >= 0.3 is 0 Å². The van der Waals surface area contributed by atoms with Gasteiger partial charge in [0, 0.05) is 19.0 Å². The van der Waals surface area contributed by atoms with Gasteiger partial charge in [-0.15, -0.1) is 6.58 Å². The largest absolute Gasteiger partial charge is 0.298 e. The van der Waals surface area contributed by atoms with Crippen LogP contribution in [0, 0.1) is 0 Å². The third kappa shape index (κ3) is 1.45. The Bertz CT molecular complexity index is 153. The minimum atomic E-state index is 0.353. The van der Waals surface area contributed by atoms with Gasteiger partial charge in [-0.25, -0.2) is 0 Å². The Kier molecular flexibility index (Phi) is 2.22. The molecule has 10 heavy (non-hydrogen) atoms. The molecule has 0 bridgehead atoms. The van der Waals surface area contributed by atoms with E-state index < -0.39 is 0 Å². The van der Waals surface area contributed by atoms with Crippen LogP contribution >= 0.6 is 0 Å². The summed E-state index contributed by atoms with van der Waals surface area (Å²) in [6.07, 6.45) is 2.59. The average Bonchev–Trinajstić information content (AvgIpc) is 2.34. The van der Waals surface area contributed by atoms with Crippen molar-refractivity contribution in [2.45, 2.75) is 19.4 Å². The Morgan fingerprint density at radius 1 is 1.80 bits per heavy atom.